The Bertz CT molecular complexity index is 592. The van der Waals surface area contributed by atoms with Crippen molar-refractivity contribution in [2.75, 3.05) is 6.61 Å². The van der Waals surface area contributed by atoms with Crippen molar-refractivity contribution >= 4 is 17.2 Å². The van der Waals surface area contributed by atoms with Crippen LogP contribution in [0.2, 0.25) is 0 Å². The molecular formula is C16H19N3O2S. The molecule has 1 aliphatic heterocycles. The summed E-state index contributed by atoms with van der Waals surface area (Å²) in [6.07, 6.45) is 7.24. The van der Waals surface area contributed by atoms with Crippen LogP contribution in [0.1, 0.15) is 42.3 Å². The van der Waals surface area contributed by atoms with Crippen molar-refractivity contribution < 1.29 is 9.53 Å². The molecule has 5 nitrogen and oxygen atoms in total. The molecule has 2 aromatic rings. The second-order valence-corrected chi connectivity index (χ2v) is 6.17. The molecule has 0 bridgehead atoms. The topological polar surface area (TPSA) is 64.1 Å². The van der Waals surface area contributed by atoms with Gasteiger partial charge in [-0.25, -0.2) is 9.97 Å². The SMILES string of the molecule is O=C(Cc1ccsc1)NCc1cnc([C@@H]2CCCCO2)nc1. The van der Waals surface area contributed by atoms with E-state index in [-0.39, 0.29) is 12.0 Å². The molecule has 2 aromatic heterocycles. The quantitative estimate of drug-likeness (QED) is 0.921. The van der Waals surface area contributed by atoms with Gasteiger partial charge in [0.2, 0.25) is 5.91 Å². The Labute approximate surface area is 133 Å². The van der Waals surface area contributed by atoms with E-state index in [9.17, 15) is 4.79 Å². The van der Waals surface area contributed by atoms with E-state index in [1.165, 1.54) is 0 Å². The van der Waals surface area contributed by atoms with Crippen molar-refractivity contribution in [1.82, 2.24) is 15.3 Å². The summed E-state index contributed by atoms with van der Waals surface area (Å²) in [4.78, 5) is 20.6. The van der Waals surface area contributed by atoms with Gasteiger partial charge < -0.3 is 10.1 Å². The lowest BCUT2D eigenvalue weighted by molar-refractivity contribution is -0.120. The molecule has 1 saturated heterocycles. The smallest absolute Gasteiger partial charge is 0.224 e. The van der Waals surface area contributed by atoms with E-state index in [2.05, 4.69) is 15.3 Å². The minimum Gasteiger partial charge on any atom is -0.370 e. The number of nitrogens with one attached hydrogen (secondary N) is 1. The molecule has 0 unspecified atom stereocenters. The summed E-state index contributed by atoms with van der Waals surface area (Å²) < 4.78 is 5.67. The van der Waals surface area contributed by atoms with Gasteiger partial charge in [0, 0.05) is 31.1 Å². The van der Waals surface area contributed by atoms with Crippen LogP contribution >= 0.6 is 11.3 Å². The molecule has 1 amide bonds. The summed E-state index contributed by atoms with van der Waals surface area (Å²) in [6, 6.07) is 1.96. The summed E-state index contributed by atoms with van der Waals surface area (Å²) >= 11 is 1.60. The zero-order valence-electron chi connectivity index (χ0n) is 12.3. The highest BCUT2D eigenvalue weighted by molar-refractivity contribution is 7.07. The third kappa shape index (κ3) is 4.11. The second-order valence-electron chi connectivity index (χ2n) is 5.39. The fourth-order valence-corrected chi connectivity index (χ4v) is 3.08. The van der Waals surface area contributed by atoms with E-state index in [1.807, 2.05) is 16.8 Å². The zero-order chi connectivity index (χ0) is 15.2. The minimum atomic E-state index is 0.0121. The van der Waals surface area contributed by atoms with E-state index in [0.717, 1.165) is 42.8 Å². The number of thiophene rings is 1. The number of amides is 1. The number of nitrogens with zero attached hydrogens (tertiary/aromatic N) is 2. The van der Waals surface area contributed by atoms with Crippen molar-refractivity contribution in [3.63, 3.8) is 0 Å². The normalized spacial score (nSPS) is 18.1. The maximum atomic E-state index is 11.8. The van der Waals surface area contributed by atoms with Gasteiger partial charge in [-0.3, -0.25) is 4.79 Å². The lowest BCUT2D eigenvalue weighted by Gasteiger charge is -2.21. The van der Waals surface area contributed by atoms with Crippen LogP contribution in [0.25, 0.3) is 0 Å². The largest absolute Gasteiger partial charge is 0.370 e. The first-order valence-corrected chi connectivity index (χ1v) is 8.46. The molecular weight excluding hydrogens is 298 g/mol. The first-order valence-electron chi connectivity index (χ1n) is 7.51. The Morgan fingerprint density at radius 1 is 1.32 bits per heavy atom. The number of rotatable bonds is 5. The molecule has 3 rings (SSSR count). The van der Waals surface area contributed by atoms with Crippen LogP contribution in [0, 0.1) is 0 Å². The van der Waals surface area contributed by atoms with Crippen LogP contribution in [0.3, 0.4) is 0 Å². The third-order valence-corrected chi connectivity index (χ3v) is 4.36. The molecule has 1 fully saturated rings. The number of ether oxygens (including phenoxy) is 1. The molecule has 0 spiro atoms. The predicted octanol–water partition coefficient (Wildman–Crippen LogP) is 2.64. The van der Waals surface area contributed by atoms with E-state index >= 15 is 0 Å². The van der Waals surface area contributed by atoms with Gasteiger partial charge in [0.15, 0.2) is 5.82 Å². The summed E-state index contributed by atoms with van der Waals surface area (Å²) in [5.74, 6) is 0.756. The Morgan fingerprint density at radius 3 is 2.86 bits per heavy atom. The van der Waals surface area contributed by atoms with Gasteiger partial charge in [0.25, 0.3) is 0 Å². The molecule has 22 heavy (non-hydrogen) atoms. The van der Waals surface area contributed by atoms with Gasteiger partial charge in [-0.1, -0.05) is 0 Å². The first kappa shape index (κ1) is 15.1. The highest BCUT2D eigenvalue weighted by Crippen LogP contribution is 2.24. The predicted molar refractivity (Wildman–Crippen MR) is 84.4 cm³/mol. The van der Waals surface area contributed by atoms with Crippen LogP contribution in [0.15, 0.2) is 29.2 Å². The van der Waals surface area contributed by atoms with E-state index in [0.29, 0.717) is 13.0 Å². The van der Waals surface area contributed by atoms with Crippen LogP contribution in [0.5, 0.6) is 0 Å². The highest BCUT2D eigenvalue weighted by atomic mass is 32.1. The van der Waals surface area contributed by atoms with Gasteiger partial charge in [0.1, 0.15) is 6.10 Å². The molecule has 116 valence electrons. The molecule has 1 atom stereocenters. The van der Waals surface area contributed by atoms with Gasteiger partial charge in [-0.2, -0.15) is 11.3 Å². The van der Waals surface area contributed by atoms with Crippen LogP contribution in [-0.4, -0.2) is 22.5 Å². The maximum absolute atomic E-state index is 11.8. The third-order valence-electron chi connectivity index (χ3n) is 3.63. The van der Waals surface area contributed by atoms with E-state index in [1.54, 1.807) is 23.7 Å². The van der Waals surface area contributed by atoms with E-state index < -0.39 is 0 Å². The molecule has 0 saturated carbocycles. The van der Waals surface area contributed by atoms with Crippen molar-refractivity contribution in [2.24, 2.45) is 0 Å². The maximum Gasteiger partial charge on any atom is 0.224 e. The molecule has 1 N–H and O–H groups in total. The van der Waals surface area contributed by atoms with Gasteiger partial charge in [0.05, 0.1) is 6.42 Å². The molecule has 0 radical (unpaired) electrons. The summed E-state index contributed by atoms with van der Waals surface area (Å²) in [6.45, 7) is 1.24. The Balaban J connectivity index is 1.49. The molecule has 0 aromatic carbocycles. The Hall–Kier alpha value is -1.79. The number of hydrogen-bond acceptors (Lipinski definition) is 5. The molecule has 0 aliphatic carbocycles. The fraction of sp³-hybridized carbons (Fsp3) is 0.438. The Kier molecular flexibility index (Phi) is 5.13. The number of carbonyl (C=O) groups is 1. The number of carbonyl (C=O) groups excluding carboxylic acids is 1. The van der Waals surface area contributed by atoms with Crippen molar-refractivity contribution in [3.8, 4) is 0 Å². The molecule has 6 heteroatoms. The first-order chi connectivity index (χ1) is 10.8. The van der Waals surface area contributed by atoms with Gasteiger partial charge in [-0.15, -0.1) is 0 Å². The van der Waals surface area contributed by atoms with Crippen molar-refractivity contribution in [3.05, 3.63) is 46.2 Å². The lowest BCUT2D eigenvalue weighted by Crippen LogP contribution is -2.24. The Morgan fingerprint density at radius 2 is 2.18 bits per heavy atom. The highest BCUT2D eigenvalue weighted by Gasteiger charge is 2.18. The second kappa shape index (κ2) is 7.47. The monoisotopic (exact) mass is 317 g/mol. The average molecular weight is 317 g/mol. The van der Waals surface area contributed by atoms with Crippen molar-refractivity contribution in [2.45, 2.75) is 38.3 Å². The average Bonchev–Trinajstić information content (AvgIpc) is 3.07. The number of aromatic nitrogens is 2. The lowest BCUT2D eigenvalue weighted by atomic mass is 10.1. The van der Waals surface area contributed by atoms with Crippen LogP contribution in [0.4, 0.5) is 0 Å². The standard InChI is InChI=1S/C16H19N3O2S/c20-15(7-12-4-6-22-11-12)17-8-13-9-18-16(19-10-13)14-3-1-2-5-21-14/h4,6,9-11,14H,1-3,5,7-8H2,(H,17,20)/t14-/m0/s1. The van der Waals surface area contributed by atoms with E-state index in [4.69, 9.17) is 4.74 Å². The molecule has 1 aliphatic rings. The minimum absolute atomic E-state index is 0.0121. The zero-order valence-corrected chi connectivity index (χ0v) is 13.1. The van der Waals surface area contributed by atoms with Crippen LogP contribution < -0.4 is 5.32 Å². The van der Waals surface area contributed by atoms with Crippen LogP contribution in [-0.2, 0) is 22.5 Å². The summed E-state index contributed by atoms with van der Waals surface area (Å²) in [7, 11) is 0. The van der Waals surface area contributed by atoms with Gasteiger partial charge in [-0.05, 0) is 41.7 Å². The molecule has 3 heterocycles. The number of hydrogen-bond donors (Lipinski definition) is 1. The van der Waals surface area contributed by atoms with Gasteiger partial charge >= 0.3 is 0 Å². The fourth-order valence-electron chi connectivity index (χ4n) is 2.41. The summed E-state index contributed by atoms with van der Waals surface area (Å²) in [5.41, 5.74) is 1.95. The summed E-state index contributed by atoms with van der Waals surface area (Å²) in [5, 5.41) is 6.85. The van der Waals surface area contributed by atoms with Crippen molar-refractivity contribution in [1.29, 1.82) is 0 Å².